The summed E-state index contributed by atoms with van der Waals surface area (Å²) in [5.74, 6) is 0.801. The number of piperidine rings is 1. The molecule has 5 heteroatoms. The van der Waals surface area contributed by atoms with E-state index in [4.69, 9.17) is 0 Å². The number of hydrogen-bond acceptors (Lipinski definition) is 3. The fraction of sp³-hybridized carbons (Fsp3) is 0.545. The van der Waals surface area contributed by atoms with E-state index in [9.17, 15) is 4.79 Å². The molecular formula is C22H30N4O. The second kappa shape index (κ2) is 7.85. The molecule has 0 radical (unpaired) electrons. The third-order valence-electron chi connectivity index (χ3n) is 6.20. The van der Waals surface area contributed by atoms with Gasteiger partial charge in [0.25, 0.3) is 0 Å². The van der Waals surface area contributed by atoms with Gasteiger partial charge in [-0.05, 0) is 69.5 Å². The number of fused-ring (bicyclic) bond motifs is 1. The van der Waals surface area contributed by atoms with Crippen LogP contribution in [0.5, 0.6) is 0 Å². The van der Waals surface area contributed by atoms with Crippen LogP contribution in [0.25, 0.3) is 0 Å². The van der Waals surface area contributed by atoms with Gasteiger partial charge in [0.2, 0.25) is 5.91 Å². The summed E-state index contributed by atoms with van der Waals surface area (Å²) in [6, 6.07) is 8.84. The molecule has 1 atom stereocenters. The van der Waals surface area contributed by atoms with Crippen molar-refractivity contribution in [2.24, 2.45) is 5.92 Å². The predicted octanol–water partition coefficient (Wildman–Crippen LogP) is 3.33. The van der Waals surface area contributed by atoms with Crippen LogP contribution in [0.15, 0.2) is 42.9 Å². The van der Waals surface area contributed by atoms with Crippen LogP contribution in [-0.2, 0) is 11.3 Å². The highest BCUT2D eigenvalue weighted by molar-refractivity contribution is 5.77. The molecule has 0 N–H and O–H groups in total. The molecule has 4 heterocycles. The van der Waals surface area contributed by atoms with Gasteiger partial charge in [-0.15, -0.1) is 0 Å². The fourth-order valence-electron chi connectivity index (χ4n) is 4.58. The average molecular weight is 367 g/mol. The summed E-state index contributed by atoms with van der Waals surface area (Å²) in [7, 11) is 0. The van der Waals surface area contributed by atoms with Crippen LogP contribution in [0.1, 0.15) is 50.4 Å². The second-order valence-electron chi connectivity index (χ2n) is 8.18. The van der Waals surface area contributed by atoms with Gasteiger partial charge in [0.15, 0.2) is 0 Å². The first-order valence-corrected chi connectivity index (χ1v) is 10.2. The summed E-state index contributed by atoms with van der Waals surface area (Å²) in [5.41, 5.74) is 2.29. The normalized spacial score (nSPS) is 21.4. The molecule has 2 aliphatic heterocycles. The van der Waals surface area contributed by atoms with Gasteiger partial charge in [0.1, 0.15) is 0 Å². The number of pyridine rings is 1. The minimum atomic E-state index is -0.0225. The molecule has 1 unspecified atom stereocenters. The van der Waals surface area contributed by atoms with E-state index in [1.807, 2.05) is 12.3 Å². The zero-order valence-electron chi connectivity index (χ0n) is 16.4. The number of nitrogens with zero attached hydrogens (tertiary/aromatic N) is 4. The smallest absolute Gasteiger partial charge is 0.223 e. The Morgan fingerprint density at radius 2 is 1.96 bits per heavy atom. The van der Waals surface area contributed by atoms with E-state index in [1.54, 1.807) is 6.20 Å². The number of hydrogen-bond donors (Lipinski definition) is 0. The topological polar surface area (TPSA) is 41.4 Å². The van der Waals surface area contributed by atoms with E-state index in [-0.39, 0.29) is 6.04 Å². The van der Waals surface area contributed by atoms with Crippen LogP contribution in [0.2, 0.25) is 0 Å². The van der Waals surface area contributed by atoms with Crippen molar-refractivity contribution in [3.63, 3.8) is 0 Å². The van der Waals surface area contributed by atoms with Gasteiger partial charge in [-0.1, -0.05) is 6.07 Å². The van der Waals surface area contributed by atoms with E-state index in [0.29, 0.717) is 24.3 Å². The lowest BCUT2D eigenvalue weighted by atomic mass is 9.91. The first-order chi connectivity index (χ1) is 13.1. The fourth-order valence-corrected chi connectivity index (χ4v) is 4.58. The van der Waals surface area contributed by atoms with E-state index in [2.05, 4.69) is 57.6 Å². The van der Waals surface area contributed by atoms with E-state index in [0.717, 1.165) is 44.6 Å². The van der Waals surface area contributed by atoms with Gasteiger partial charge in [-0.3, -0.25) is 9.78 Å². The SMILES string of the molecule is CC(C)N1CCC(CC(=O)N2CCn3cccc3C2c2cccnc2)CC1. The lowest BCUT2D eigenvalue weighted by Crippen LogP contribution is -2.44. The first-order valence-electron chi connectivity index (χ1n) is 10.2. The number of carbonyl (C=O) groups is 1. The van der Waals surface area contributed by atoms with Crippen molar-refractivity contribution in [1.82, 2.24) is 19.4 Å². The molecule has 144 valence electrons. The van der Waals surface area contributed by atoms with Gasteiger partial charge < -0.3 is 14.4 Å². The number of carbonyl (C=O) groups excluding carboxylic acids is 1. The summed E-state index contributed by atoms with van der Waals surface area (Å²) < 4.78 is 2.27. The van der Waals surface area contributed by atoms with E-state index < -0.39 is 0 Å². The quantitative estimate of drug-likeness (QED) is 0.833. The van der Waals surface area contributed by atoms with Crippen molar-refractivity contribution in [2.45, 2.75) is 51.7 Å². The van der Waals surface area contributed by atoms with Crippen molar-refractivity contribution < 1.29 is 4.79 Å². The molecule has 2 aliphatic rings. The van der Waals surface area contributed by atoms with Crippen LogP contribution in [0.4, 0.5) is 0 Å². The summed E-state index contributed by atoms with van der Waals surface area (Å²) in [6.45, 7) is 8.39. The molecule has 1 amide bonds. The molecule has 0 aliphatic carbocycles. The Hall–Kier alpha value is -2.14. The molecule has 1 fully saturated rings. The molecule has 0 bridgehead atoms. The summed E-state index contributed by atoms with van der Waals surface area (Å²) >= 11 is 0. The molecule has 0 saturated carbocycles. The van der Waals surface area contributed by atoms with Crippen LogP contribution >= 0.6 is 0 Å². The largest absolute Gasteiger partial charge is 0.348 e. The van der Waals surface area contributed by atoms with Crippen LogP contribution in [-0.4, -0.2) is 50.9 Å². The molecule has 4 rings (SSSR count). The first kappa shape index (κ1) is 18.2. The minimum Gasteiger partial charge on any atom is -0.348 e. The van der Waals surface area contributed by atoms with Crippen LogP contribution in [0.3, 0.4) is 0 Å². The van der Waals surface area contributed by atoms with Gasteiger partial charge >= 0.3 is 0 Å². The number of aromatic nitrogens is 2. The third-order valence-corrected chi connectivity index (χ3v) is 6.20. The van der Waals surface area contributed by atoms with Crippen molar-refractivity contribution in [2.75, 3.05) is 19.6 Å². The maximum absolute atomic E-state index is 13.3. The van der Waals surface area contributed by atoms with Crippen LogP contribution in [0, 0.1) is 5.92 Å². The number of likely N-dealkylation sites (tertiary alicyclic amines) is 1. The summed E-state index contributed by atoms with van der Waals surface area (Å²) in [4.78, 5) is 22.2. The maximum atomic E-state index is 13.3. The van der Waals surface area contributed by atoms with Crippen molar-refractivity contribution in [1.29, 1.82) is 0 Å². The highest BCUT2D eigenvalue weighted by atomic mass is 16.2. The Kier molecular flexibility index (Phi) is 5.30. The van der Waals surface area contributed by atoms with Crippen molar-refractivity contribution in [3.05, 3.63) is 54.1 Å². The van der Waals surface area contributed by atoms with Gasteiger partial charge in [-0.25, -0.2) is 0 Å². The molecule has 1 saturated heterocycles. The Labute approximate surface area is 162 Å². The molecular weight excluding hydrogens is 336 g/mol. The summed E-state index contributed by atoms with van der Waals surface area (Å²) in [5, 5.41) is 0. The maximum Gasteiger partial charge on any atom is 0.223 e. The highest BCUT2D eigenvalue weighted by Gasteiger charge is 2.33. The minimum absolute atomic E-state index is 0.0225. The molecule has 5 nitrogen and oxygen atoms in total. The molecule has 27 heavy (non-hydrogen) atoms. The zero-order valence-corrected chi connectivity index (χ0v) is 16.4. The van der Waals surface area contributed by atoms with Gasteiger partial charge in [0.05, 0.1) is 6.04 Å². The van der Waals surface area contributed by atoms with Crippen LogP contribution < -0.4 is 0 Å². The van der Waals surface area contributed by atoms with Gasteiger partial charge in [0, 0.05) is 49.8 Å². The number of rotatable bonds is 4. The lowest BCUT2D eigenvalue weighted by Gasteiger charge is -2.39. The third kappa shape index (κ3) is 3.79. The molecule has 0 aromatic carbocycles. The Bertz CT molecular complexity index is 762. The monoisotopic (exact) mass is 366 g/mol. The van der Waals surface area contributed by atoms with E-state index in [1.165, 1.54) is 5.69 Å². The lowest BCUT2D eigenvalue weighted by molar-refractivity contribution is -0.135. The van der Waals surface area contributed by atoms with Crippen molar-refractivity contribution in [3.8, 4) is 0 Å². The number of amides is 1. The second-order valence-corrected chi connectivity index (χ2v) is 8.18. The van der Waals surface area contributed by atoms with Crippen molar-refractivity contribution >= 4 is 5.91 Å². The summed E-state index contributed by atoms with van der Waals surface area (Å²) in [6.07, 6.45) is 8.73. The highest BCUT2D eigenvalue weighted by Crippen LogP contribution is 2.33. The standard InChI is InChI=1S/C22H30N4O/c1-17(2)24-11-7-18(8-12-24)15-21(27)26-14-13-25-10-4-6-20(25)22(26)19-5-3-9-23-16-19/h3-6,9-10,16-18,22H,7-8,11-15H2,1-2H3. The predicted molar refractivity (Wildman–Crippen MR) is 106 cm³/mol. The molecule has 2 aromatic heterocycles. The Morgan fingerprint density at radius 1 is 1.15 bits per heavy atom. The Balaban J connectivity index is 1.49. The Morgan fingerprint density at radius 3 is 2.67 bits per heavy atom. The molecule has 2 aromatic rings. The molecule has 0 spiro atoms. The zero-order chi connectivity index (χ0) is 18.8. The van der Waals surface area contributed by atoms with Gasteiger partial charge in [-0.2, -0.15) is 0 Å². The average Bonchev–Trinajstić information content (AvgIpc) is 3.17. The van der Waals surface area contributed by atoms with E-state index >= 15 is 0 Å².